The Bertz CT molecular complexity index is 402. The minimum Gasteiger partial charge on any atom is -0.465 e. The summed E-state index contributed by atoms with van der Waals surface area (Å²) in [6, 6.07) is 2.57. The number of hydrogen-bond acceptors (Lipinski definition) is 4. The first-order valence-electron chi connectivity index (χ1n) is 4.37. The average molecular weight is 214 g/mol. The Labute approximate surface area is 95.7 Å². The molecule has 0 saturated carbocycles. The molecule has 0 aliphatic carbocycles. The molecule has 1 rings (SSSR count). The summed E-state index contributed by atoms with van der Waals surface area (Å²) < 4.78 is 9.05. The quantitative estimate of drug-likeness (QED) is 0.460. The van der Waals surface area contributed by atoms with Crippen molar-refractivity contribution in [3.63, 3.8) is 0 Å². The van der Waals surface area contributed by atoms with Crippen LogP contribution in [0, 0.1) is 0 Å². The Morgan fingerprint density at radius 1 is 0.938 bits per heavy atom. The fraction of sp³-hybridized carbons (Fsp3) is 0.200. The van der Waals surface area contributed by atoms with Crippen molar-refractivity contribution in [2.24, 2.45) is 0 Å². The molecular weight excluding hydrogens is 206 g/mol. The van der Waals surface area contributed by atoms with E-state index in [1.54, 1.807) is 0 Å². The zero-order valence-corrected chi connectivity index (χ0v) is 8.94. The highest BCUT2D eigenvalue weighted by Crippen LogP contribution is 2.08. The maximum atomic E-state index is 11.4. The normalized spacial score (nSPS) is 9.62. The van der Waals surface area contributed by atoms with Crippen LogP contribution in [0.25, 0.3) is 0 Å². The predicted octanol–water partition coefficient (Wildman–Crippen LogP) is -1.15. The van der Waals surface area contributed by atoms with Crippen molar-refractivity contribution in [3.05, 3.63) is 23.3 Å². The van der Waals surface area contributed by atoms with E-state index >= 15 is 0 Å². The fourth-order valence-electron chi connectivity index (χ4n) is 1.19. The van der Waals surface area contributed by atoms with Gasteiger partial charge in [0.2, 0.25) is 0 Å². The molecule has 0 bridgehead atoms. The van der Waals surface area contributed by atoms with Gasteiger partial charge in [-0.2, -0.15) is 0 Å². The molecule has 0 saturated heterocycles. The van der Waals surface area contributed by atoms with Gasteiger partial charge < -0.3 is 9.47 Å². The highest BCUT2D eigenvalue weighted by Gasteiger charge is 2.18. The SMILES string of the molecule is [B]c1cc(C(=O)OC)c(C(=O)OC)cc1[B]. The predicted molar refractivity (Wildman–Crippen MR) is 59.9 cm³/mol. The second-order valence-electron chi connectivity index (χ2n) is 3.01. The highest BCUT2D eigenvalue weighted by atomic mass is 16.5. The average Bonchev–Trinajstić information content (AvgIpc) is 2.30. The third-order valence-corrected chi connectivity index (χ3v) is 2.03. The van der Waals surface area contributed by atoms with Crippen LogP contribution in [0.1, 0.15) is 20.7 Å². The van der Waals surface area contributed by atoms with Crippen LogP contribution >= 0.6 is 0 Å². The number of carbonyl (C=O) groups is 2. The van der Waals surface area contributed by atoms with Crippen LogP contribution < -0.4 is 10.9 Å². The first kappa shape index (κ1) is 12.4. The van der Waals surface area contributed by atoms with Crippen molar-refractivity contribution in [3.8, 4) is 0 Å². The van der Waals surface area contributed by atoms with Crippen LogP contribution in [-0.2, 0) is 9.47 Å². The molecule has 0 aliphatic rings. The first-order chi connectivity index (χ1) is 7.51. The van der Waals surface area contributed by atoms with Gasteiger partial charge in [-0.1, -0.05) is 12.1 Å². The molecular formula is C10H8B2O4. The molecule has 0 spiro atoms. The molecule has 0 fully saturated rings. The Kier molecular flexibility index (Phi) is 3.77. The van der Waals surface area contributed by atoms with Gasteiger partial charge in [-0.15, -0.1) is 10.9 Å². The van der Waals surface area contributed by atoms with Crippen LogP contribution in [0.2, 0.25) is 0 Å². The Morgan fingerprint density at radius 2 is 1.25 bits per heavy atom. The fourth-order valence-corrected chi connectivity index (χ4v) is 1.19. The van der Waals surface area contributed by atoms with Gasteiger partial charge in [0.15, 0.2) is 0 Å². The summed E-state index contributed by atoms with van der Waals surface area (Å²) >= 11 is 0. The Hall–Kier alpha value is -1.71. The molecule has 1 aromatic rings. The summed E-state index contributed by atoms with van der Waals surface area (Å²) in [6.07, 6.45) is 0. The molecule has 6 heteroatoms. The number of carbonyl (C=O) groups excluding carboxylic acids is 2. The molecule has 0 aliphatic heterocycles. The lowest BCUT2D eigenvalue weighted by atomic mass is 9.78. The van der Waals surface area contributed by atoms with Crippen LogP contribution in [0.5, 0.6) is 0 Å². The van der Waals surface area contributed by atoms with Gasteiger partial charge in [0.25, 0.3) is 0 Å². The van der Waals surface area contributed by atoms with E-state index in [-0.39, 0.29) is 22.1 Å². The zero-order valence-electron chi connectivity index (χ0n) is 8.94. The number of hydrogen-bond donors (Lipinski definition) is 0. The smallest absolute Gasteiger partial charge is 0.338 e. The molecule has 0 N–H and O–H groups in total. The third-order valence-electron chi connectivity index (χ3n) is 2.03. The van der Waals surface area contributed by atoms with E-state index in [2.05, 4.69) is 9.47 Å². The summed E-state index contributed by atoms with van der Waals surface area (Å²) in [4.78, 5) is 22.8. The van der Waals surface area contributed by atoms with Gasteiger partial charge in [0.1, 0.15) is 15.7 Å². The maximum absolute atomic E-state index is 11.4. The summed E-state index contributed by atoms with van der Waals surface area (Å²) in [5.74, 6) is -1.35. The van der Waals surface area contributed by atoms with Gasteiger partial charge in [-0.3, -0.25) is 0 Å². The minimum atomic E-state index is -0.674. The van der Waals surface area contributed by atoms with Gasteiger partial charge in [-0.25, -0.2) is 9.59 Å². The lowest BCUT2D eigenvalue weighted by Crippen LogP contribution is -2.29. The van der Waals surface area contributed by atoms with Crippen molar-refractivity contribution in [2.75, 3.05) is 14.2 Å². The van der Waals surface area contributed by atoms with E-state index in [9.17, 15) is 9.59 Å². The van der Waals surface area contributed by atoms with E-state index in [0.717, 1.165) is 0 Å². The van der Waals surface area contributed by atoms with Crippen molar-refractivity contribution in [1.82, 2.24) is 0 Å². The highest BCUT2D eigenvalue weighted by molar-refractivity contribution is 6.49. The van der Waals surface area contributed by atoms with E-state index in [4.69, 9.17) is 15.7 Å². The number of benzene rings is 1. The number of methoxy groups -OCH3 is 2. The molecule has 0 amide bonds. The molecule has 78 valence electrons. The second-order valence-corrected chi connectivity index (χ2v) is 3.01. The van der Waals surface area contributed by atoms with Crippen molar-refractivity contribution in [2.45, 2.75) is 0 Å². The molecule has 0 aromatic heterocycles. The molecule has 4 radical (unpaired) electrons. The molecule has 4 nitrogen and oxygen atoms in total. The number of rotatable bonds is 2. The van der Waals surface area contributed by atoms with E-state index < -0.39 is 11.9 Å². The lowest BCUT2D eigenvalue weighted by molar-refractivity contribution is 0.0555. The second kappa shape index (κ2) is 4.88. The summed E-state index contributed by atoms with van der Waals surface area (Å²) in [7, 11) is 13.5. The van der Waals surface area contributed by atoms with E-state index in [0.29, 0.717) is 0 Å². The Morgan fingerprint density at radius 3 is 1.50 bits per heavy atom. The topological polar surface area (TPSA) is 52.6 Å². The van der Waals surface area contributed by atoms with E-state index in [1.807, 2.05) is 0 Å². The van der Waals surface area contributed by atoms with Crippen LogP contribution in [0.4, 0.5) is 0 Å². The monoisotopic (exact) mass is 214 g/mol. The van der Waals surface area contributed by atoms with Gasteiger partial charge in [-0.05, 0) is 0 Å². The summed E-state index contributed by atoms with van der Waals surface area (Å²) in [5.41, 5.74) is 0.461. The van der Waals surface area contributed by atoms with E-state index in [1.165, 1.54) is 26.4 Å². The largest absolute Gasteiger partial charge is 0.465 e. The van der Waals surface area contributed by atoms with Crippen LogP contribution in [-0.4, -0.2) is 41.9 Å². The molecule has 1 aromatic carbocycles. The summed E-state index contributed by atoms with van der Waals surface area (Å²) in [5, 5.41) is 0. The molecule has 0 unspecified atom stereocenters. The number of esters is 2. The first-order valence-corrected chi connectivity index (χ1v) is 4.37. The molecule has 0 atom stereocenters. The lowest BCUT2D eigenvalue weighted by Gasteiger charge is -2.10. The summed E-state index contributed by atoms with van der Waals surface area (Å²) in [6.45, 7) is 0. The molecule has 0 heterocycles. The minimum absolute atomic E-state index is 0.0288. The van der Waals surface area contributed by atoms with Crippen LogP contribution in [0.15, 0.2) is 12.1 Å². The van der Waals surface area contributed by atoms with Gasteiger partial charge in [0, 0.05) is 0 Å². The number of ether oxygens (including phenoxy) is 2. The van der Waals surface area contributed by atoms with Gasteiger partial charge in [0.05, 0.1) is 25.3 Å². The van der Waals surface area contributed by atoms with Crippen molar-refractivity contribution in [1.29, 1.82) is 0 Å². The van der Waals surface area contributed by atoms with Gasteiger partial charge >= 0.3 is 11.9 Å². The van der Waals surface area contributed by atoms with Crippen molar-refractivity contribution >= 4 is 38.6 Å². The third kappa shape index (κ3) is 2.27. The molecule has 16 heavy (non-hydrogen) atoms. The van der Waals surface area contributed by atoms with Crippen molar-refractivity contribution < 1.29 is 19.1 Å². The maximum Gasteiger partial charge on any atom is 0.338 e. The standard InChI is InChI=1S/C10H8B2O4/c1-15-9(13)5-3-7(11)8(12)4-6(5)10(14)16-2/h3-4H,1-2H3. The van der Waals surface area contributed by atoms with Crippen LogP contribution in [0.3, 0.4) is 0 Å². The zero-order chi connectivity index (χ0) is 12.3. The Balaban J connectivity index is 3.38.